The van der Waals surface area contributed by atoms with Crippen LogP contribution in [0.1, 0.15) is 16.7 Å². The van der Waals surface area contributed by atoms with Crippen LogP contribution in [0.3, 0.4) is 0 Å². The van der Waals surface area contributed by atoms with Crippen molar-refractivity contribution < 1.29 is 10.2 Å². The topological polar surface area (TPSA) is 52.5 Å². The summed E-state index contributed by atoms with van der Waals surface area (Å²) in [6, 6.07) is 4.12. The highest BCUT2D eigenvalue weighted by Crippen LogP contribution is 2.15. The summed E-state index contributed by atoms with van der Waals surface area (Å²) in [5.41, 5.74) is -0.585. The van der Waals surface area contributed by atoms with Gasteiger partial charge in [-0.2, -0.15) is 0 Å². The van der Waals surface area contributed by atoms with Crippen LogP contribution in [0.15, 0.2) is 12.1 Å². The van der Waals surface area contributed by atoms with Crippen molar-refractivity contribution >= 4 is 11.3 Å². The molecule has 1 aromatic rings. The molecule has 80 valence electrons. The van der Waals surface area contributed by atoms with Gasteiger partial charge in [-0.3, -0.25) is 0 Å². The monoisotopic (exact) mass is 215 g/mol. The minimum atomic E-state index is -0.585. The molecule has 3 N–H and O–H groups in total. The van der Waals surface area contributed by atoms with Gasteiger partial charge in [-0.1, -0.05) is 0 Å². The molecule has 0 amide bonds. The fourth-order valence-electron chi connectivity index (χ4n) is 1.04. The van der Waals surface area contributed by atoms with Crippen LogP contribution in [0.4, 0.5) is 0 Å². The number of aliphatic hydroxyl groups is 2. The minimum Gasteiger partial charge on any atom is -0.394 e. The van der Waals surface area contributed by atoms with Gasteiger partial charge in [-0.25, -0.2) is 0 Å². The fourth-order valence-corrected chi connectivity index (χ4v) is 1.87. The molecule has 0 fully saturated rings. The van der Waals surface area contributed by atoms with Crippen molar-refractivity contribution in [1.82, 2.24) is 5.32 Å². The smallest absolute Gasteiger partial charge is 0.0633 e. The Balaban J connectivity index is 2.47. The number of nitrogens with one attached hydrogen (secondary N) is 1. The number of hydrogen-bond donors (Lipinski definition) is 3. The summed E-state index contributed by atoms with van der Waals surface area (Å²) in [6.07, 6.45) is 0. The van der Waals surface area contributed by atoms with Crippen molar-refractivity contribution in [2.75, 3.05) is 13.2 Å². The number of thiophene rings is 1. The van der Waals surface area contributed by atoms with Crippen LogP contribution in [0, 0.1) is 6.92 Å². The summed E-state index contributed by atoms with van der Waals surface area (Å²) in [6.45, 7) is 4.43. The predicted octanol–water partition coefficient (Wildman–Crippen LogP) is 0.889. The molecule has 3 nitrogen and oxygen atoms in total. The summed E-state index contributed by atoms with van der Waals surface area (Å²) in [5, 5.41) is 21.2. The second-order valence-corrected chi connectivity index (χ2v) is 5.12. The maximum absolute atomic E-state index is 9.05. The van der Waals surface area contributed by atoms with Crippen molar-refractivity contribution in [3.05, 3.63) is 21.9 Å². The summed E-state index contributed by atoms with van der Waals surface area (Å²) >= 11 is 1.72. The molecule has 0 aromatic carbocycles. The van der Waals surface area contributed by atoms with Crippen molar-refractivity contribution in [3.63, 3.8) is 0 Å². The van der Waals surface area contributed by atoms with Gasteiger partial charge in [-0.15, -0.1) is 11.3 Å². The molecule has 1 rings (SSSR count). The predicted molar refractivity (Wildman–Crippen MR) is 58.5 cm³/mol. The van der Waals surface area contributed by atoms with E-state index in [4.69, 9.17) is 10.2 Å². The Bertz CT molecular complexity index is 281. The third kappa shape index (κ3) is 3.06. The van der Waals surface area contributed by atoms with Gasteiger partial charge in [0.1, 0.15) is 0 Å². The molecule has 0 saturated heterocycles. The first kappa shape index (κ1) is 11.7. The molecular weight excluding hydrogens is 198 g/mol. The Kier molecular flexibility index (Phi) is 4.07. The van der Waals surface area contributed by atoms with E-state index in [9.17, 15) is 0 Å². The molecule has 1 aromatic heterocycles. The number of rotatable bonds is 5. The standard InChI is InChI=1S/C10H17NO2S/c1-8-3-4-9(14-8)5-11-10(2,6-12)7-13/h3-4,11-13H,5-7H2,1-2H3. The van der Waals surface area contributed by atoms with E-state index in [1.165, 1.54) is 9.75 Å². The SMILES string of the molecule is Cc1ccc(CNC(C)(CO)CO)s1. The lowest BCUT2D eigenvalue weighted by Crippen LogP contribution is -2.48. The Hall–Kier alpha value is -0.420. The van der Waals surface area contributed by atoms with Gasteiger partial charge in [0.2, 0.25) is 0 Å². The maximum atomic E-state index is 9.05. The van der Waals surface area contributed by atoms with Crippen LogP contribution in [0.2, 0.25) is 0 Å². The Labute approximate surface area is 88.4 Å². The van der Waals surface area contributed by atoms with Gasteiger partial charge < -0.3 is 15.5 Å². The zero-order valence-electron chi connectivity index (χ0n) is 8.58. The molecule has 0 aliphatic heterocycles. The van der Waals surface area contributed by atoms with Crippen molar-refractivity contribution in [1.29, 1.82) is 0 Å². The van der Waals surface area contributed by atoms with E-state index >= 15 is 0 Å². The van der Waals surface area contributed by atoms with E-state index in [1.807, 2.05) is 0 Å². The van der Waals surface area contributed by atoms with Crippen LogP contribution in [-0.4, -0.2) is 29.0 Å². The number of hydrogen-bond acceptors (Lipinski definition) is 4. The van der Waals surface area contributed by atoms with E-state index in [0.717, 1.165) is 0 Å². The Morgan fingerprint density at radius 3 is 2.43 bits per heavy atom. The first-order chi connectivity index (χ1) is 6.59. The van der Waals surface area contributed by atoms with Crippen LogP contribution in [-0.2, 0) is 6.54 Å². The average molecular weight is 215 g/mol. The molecule has 0 aliphatic carbocycles. The lowest BCUT2D eigenvalue weighted by Gasteiger charge is -2.25. The van der Waals surface area contributed by atoms with Gasteiger partial charge in [0.25, 0.3) is 0 Å². The highest BCUT2D eigenvalue weighted by Gasteiger charge is 2.21. The molecule has 4 heteroatoms. The molecule has 0 aliphatic rings. The zero-order valence-corrected chi connectivity index (χ0v) is 9.40. The summed E-state index contributed by atoms with van der Waals surface area (Å²) in [5.74, 6) is 0. The van der Waals surface area contributed by atoms with E-state index in [-0.39, 0.29) is 13.2 Å². The highest BCUT2D eigenvalue weighted by molar-refractivity contribution is 7.11. The third-order valence-corrected chi connectivity index (χ3v) is 3.18. The molecule has 1 heterocycles. The van der Waals surface area contributed by atoms with Crippen molar-refractivity contribution in [2.24, 2.45) is 0 Å². The van der Waals surface area contributed by atoms with Crippen LogP contribution in [0.5, 0.6) is 0 Å². The van der Waals surface area contributed by atoms with Gasteiger partial charge in [0.05, 0.1) is 18.8 Å². The quantitative estimate of drug-likeness (QED) is 0.683. The van der Waals surface area contributed by atoms with Crippen LogP contribution >= 0.6 is 11.3 Å². The number of aryl methyl sites for hydroxylation is 1. The van der Waals surface area contributed by atoms with Gasteiger partial charge >= 0.3 is 0 Å². The molecule has 14 heavy (non-hydrogen) atoms. The second kappa shape index (κ2) is 4.89. The normalized spacial score (nSPS) is 12.0. The molecular formula is C10H17NO2S. The highest BCUT2D eigenvalue weighted by atomic mass is 32.1. The van der Waals surface area contributed by atoms with E-state index < -0.39 is 5.54 Å². The first-order valence-electron chi connectivity index (χ1n) is 4.62. The lowest BCUT2D eigenvalue weighted by molar-refractivity contribution is 0.103. The third-order valence-electron chi connectivity index (χ3n) is 2.18. The van der Waals surface area contributed by atoms with Gasteiger partial charge in [0, 0.05) is 16.3 Å². The summed E-state index contributed by atoms with van der Waals surface area (Å²) in [4.78, 5) is 2.49. The molecule has 0 radical (unpaired) electrons. The first-order valence-corrected chi connectivity index (χ1v) is 5.43. The molecule has 0 saturated carbocycles. The summed E-state index contributed by atoms with van der Waals surface area (Å²) in [7, 11) is 0. The molecule has 0 spiro atoms. The molecule has 0 unspecified atom stereocenters. The average Bonchev–Trinajstić information content (AvgIpc) is 2.61. The Morgan fingerprint density at radius 1 is 1.36 bits per heavy atom. The van der Waals surface area contributed by atoms with E-state index in [2.05, 4.69) is 24.4 Å². The molecule has 0 bridgehead atoms. The van der Waals surface area contributed by atoms with Crippen molar-refractivity contribution in [2.45, 2.75) is 25.9 Å². The zero-order chi connectivity index (χ0) is 10.6. The molecule has 0 atom stereocenters. The fraction of sp³-hybridized carbons (Fsp3) is 0.600. The summed E-state index contributed by atoms with van der Waals surface area (Å²) < 4.78 is 0. The van der Waals surface area contributed by atoms with Gasteiger partial charge in [0.15, 0.2) is 0 Å². The van der Waals surface area contributed by atoms with E-state index in [0.29, 0.717) is 6.54 Å². The Morgan fingerprint density at radius 2 is 2.00 bits per heavy atom. The largest absolute Gasteiger partial charge is 0.394 e. The number of aliphatic hydroxyl groups excluding tert-OH is 2. The van der Waals surface area contributed by atoms with Gasteiger partial charge in [-0.05, 0) is 26.0 Å². The van der Waals surface area contributed by atoms with Crippen molar-refractivity contribution in [3.8, 4) is 0 Å². The maximum Gasteiger partial charge on any atom is 0.0633 e. The van der Waals surface area contributed by atoms with Crippen LogP contribution in [0.25, 0.3) is 0 Å². The van der Waals surface area contributed by atoms with E-state index in [1.54, 1.807) is 18.3 Å². The lowest BCUT2D eigenvalue weighted by atomic mass is 10.1. The van der Waals surface area contributed by atoms with Crippen LogP contribution < -0.4 is 5.32 Å². The minimum absolute atomic E-state index is 0.0616. The second-order valence-electron chi connectivity index (χ2n) is 3.74.